The average Bonchev–Trinajstić information content (AvgIpc) is 2.64. The summed E-state index contributed by atoms with van der Waals surface area (Å²) in [4.78, 5) is 12.0. The third-order valence-electron chi connectivity index (χ3n) is 4.29. The van der Waals surface area contributed by atoms with E-state index in [4.69, 9.17) is 0 Å². The second kappa shape index (κ2) is 9.30. The number of sulfonamides is 1. The Bertz CT molecular complexity index is 925. The lowest BCUT2D eigenvalue weighted by Gasteiger charge is -2.22. The molecular formula is C20H23F3N2O3S. The van der Waals surface area contributed by atoms with E-state index < -0.39 is 27.7 Å². The Morgan fingerprint density at radius 3 is 2.10 bits per heavy atom. The standard InChI is InChI=1S/C20H23F3N2O3S/c1-3-15-6-12-18(13-7-15)25(29(2,27)28)14-4-5-19(26)24-17-10-8-16(9-11-17)20(21,22)23/h6-13H,3-5,14H2,1-2H3,(H,24,26). The summed E-state index contributed by atoms with van der Waals surface area (Å²) in [7, 11) is -3.52. The van der Waals surface area contributed by atoms with Gasteiger partial charge in [-0.3, -0.25) is 9.10 Å². The third-order valence-corrected chi connectivity index (χ3v) is 5.49. The Labute approximate surface area is 168 Å². The van der Waals surface area contributed by atoms with Gasteiger partial charge in [0.25, 0.3) is 0 Å². The summed E-state index contributed by atoms with van der Waals surface area (Å²) in [5.41, 5.74) is 1.05. The van der Waals surface area contributed by atoms with Crippen molar-refractivity contribution in [1.29, 1.82) is 0 Å². The van der Waals surface area contributed by atoms with Crippen molar-refractivity contribution in [3.05, 3.63) is 59.7 Å². The van der Waals surface area contributed by atoms with Gasteiger partial charge in [-0.05, 0) is 54.8 Å². The third kappa shape index (κ3) is 6.77. The number of nitrogens with zero attached hydrogens (tertiary/aromatic N) is 1. The number of rotatable bonds is 8. The number of benzene rings is 2. The number of hydrogen-bond donors (Lipinski definition) is 1. The van der Waals surface area contributed by atoms with Gasteiger partial charge in [-0.25, -0.2) is 8.42 Å². The number of alkyl halides is 3. The van der Waals surface area contributed by atoms with Gasteiger partial charge in [-0.15, -0.1) is 0 Å². The van der Waals surface area contributed by atoms with E-state index in [2.05, 4.69) is 5.32 Å². The topological polar surface area (TPSA) is 66.5 Å². The number of aryl methyl sites for hydroxylation is 1. The SMILES string of the molecule is CCc1ccc(N(CCCC(=O)Nc2ccc(C(F)(F)F)cc2)S(C)(=O)=O)cc1. The van der Waals surface area contributed by atoms with Gasteiger partial charge in [0.2, 0.25) is 15.9 Å². The molecule has 0 saturated carbocycles. The maximum atomic E-state index is 12.6. The fourth-order valence-corrected chi connectivity index (χ4v) is 3.70. The molecule has 1 amide bonds. The lowest BCUT2D eigenvalue weighted by atomic mass is 10.1. The molecule has 2 rings (SSSR count). The van der Waals surface area contributed by atoms with E-state index in [1.807, 2.05) is 19.1 Å². The van der Waals surface area contributed by atoms with Gasteiger partial charge in [0.05, 0.1) is 17.5 Å². The maximum absolute atomic E-state index is 12.6. The molecular weight excluding hydrogens is 405 g/mol. The quantitative estimate of drug-likeness (QED) is 0.675. The first kappa shape index (κ1) is 22.7. The van der Waals surface area contributed by atoms with Crippen LogP contribution >= 0.6 is 0 Å². The van der Waals surface area contributed by atoms with Gasteiger partial charge in [0.15, 0.2) is 0 Å². The van der Waals surface area contributed by atoms with Crippen LogP contribution in [0.5, 0.6) is 0 Å². The summed E-state index contributed by atoms with van der Waals surface area (Å²) >= 11 is 0. The summed E-state index contributed by atoms with van der Waals surface area (Å²) in [6, 6.07) is 11.3. The molecule has 0 aliphatic carbocycles. The maximum Gasteiger partial charge on any atom is 0.416 e. The van der Waals surface area contributed by atoms with Crippen LogP contribution in [0, 0.1) is 0 Å². The molecule has 0 aromatic heterocycles. The highest BCUT2D eigenvalue weighted by Gasteiger charge is 2.30. The highest BCUT2D eigenvalue weighted by atomic mass is 32.2. The van der Waals surface area contributed by atoms with Crippen molar-refractivity contribution in [3.8, 4) is 0 Å². The molecule has 0 saturated heterocycles. The molecule has 0 heterocycles. The Hall–Kier alpha value is -2.55. The lowest BCUT2D eigenvalue weighted by Crippen LogP contribution is -2.31. The van der Waals surface area contributed by atoms with Crippen LogP contribution in [0.25, 0.3) is 0 Å². The number of halogens is 3. The lowest BCUT2D eigenvalue weighted by molar-refractivity contribution is -0.137. The second-order valence-corrected chi connectivity index (χ2v) is 8.49. The molecule has 0 aliphatic rings. The normalized spacial score (nSPS) is 11.9. The van der Waals surface area contributed by atoms with E-state index in [0.29, 0.717) is 5.69 Å². The van der Waals surface area contributed by atoms with Crippen molar-refractivity contribution in [2.45, 2.75) is 32.4 Å². The van der Waals surface area contributed by atoms with Crippen LogP contribution < -0.4 is 9.62 Å². The molecule has 0 atom stereocenters. The van der Waals surface area contributed by atoms with Crippen LogP contribution in [0.15, 0.2) is 48.5 Å². The summed E-state index contributed by atoms with van der Waals surface area (Å²) < 4.78 is 63.1. The Balaban J connectivity index is 1.94. The number of carbonyl (C=O) groups excluding carboxylic acids is 1. The number of hydrogen-bond acceptors (Lipinski definition) is 3. The average molecular weight is 428 g/mol. The van der Waals surface area contributed by atoms with Gasteiger partial charge in [-0.1, -0.05) is 19.1 Å². The van der Waals surface area contributed by atoms with Gasteiger partial charge in [0, 0.05) is 18.7 Å². The zero-order chi connectivity index (χ0) is 21.7. The van der Waals surface area contributed by atoms with Crippen molar-refractivity contribution in [2.24, 2.45) is 0 Å². The van der Waals surface area contributed by atoms with Gasteiger partial charge in [-0.2, -0.15) is 13.2 Å². The minimum atomic E-state index is -4.44. The monoisotopic (exact) mass is 428 g/mol. The Morgan fingerprint density at radius 2 is 1.62 bits per heavy atom. The van der Waals surface area contributed by atoms with Crippen molar-refractivity contribution >= 4 is 27.3 Å². The number of amides is 1. The van der Waals surface area contributed by atoms with E-state index in [1.54, 1.807) is 12.1 Å². The first-order valence-corrected chi connectivity index (χ1v) is 10.9. The van der Waals surface area contributed by atoms with Gasteiger partial charge >= 0.3 is 6.18 Å². The Morgan fingerprint density at radius 1 is 1.03 bits per heavy atom. The van der Waals surface area contributed by atoms with Crippen LogP contribution in [0.3, 0.4) is 0 Å². The smallest absolute Gasteiger partial charge is 0.326 e. The van der Waals surface area contributed by atoms with E-state index in [1.165, 1.54) is 16.4 Å². The molecule has 5 nitrogen and oxygen atoms in total. The predicted molar refractivity (Wildman–Crippen MR) is 107 cm³/mol. The molecule has 9 heteroatoms. The molecule has 0 bridgehead atoms. The van der Waals surface area contributed by atoms with Gasteiger partial charge < -0.3 is 5.32 Å². The Kier molecular flexibility index (Phi) is 7.29. The predicted octanol–water partition coefficient (Wildman–Crippen LogP) is 4.45. The first-order valence-electron chi connectivity index (χ1n) is 9.04. The van der Waals surface area contributed by atoms with E-state index in [0.717, 1.165) is 30.4 Å². The first-order chi connectivity index (χ1) is 13.5. The van der Waals surface area contributed by atoms with Crippen molar-refractivity contribution < 1.29 is 26.4 Å². The highest BCUT2D eigenvalue weighted by molar-refractivity contribution is 7.92. The summed E-state index contributed by atoms with van der Waals surface area (Å²) in [5.74, 6) is -0.403. The van der Waals surface area contributed by atoms with Crippen molar-refractivity contribution in [3.63, 3.8) is 0 Å². The summed E-state index contributed by atoms with van der Waals surface area (Å²) in [6.07, 6.45) is -2.21. The highest BCUT2D eigenvalue weighted by Crippen LogP contribution is 2.29. The molecule has 2 aromatic rings. The van der Waals surface area contributed by atoms with E-state index in [9.17, 15) is 26.4 Å². The zero-order valence-electron chi connectivity index (χ0n) is 16.2. The molecule has 0 fully saturated rings. The van der Waals surface area contributed by atoms with E-state index in [-0.39, 0.29) is 25.1 Å². The number of anilines is 2. The van der Waals surface area contributed by atoms with Crippen molar-refractivity contribution in [2.75, 3.05) is 22.4 Å². The molecule has 0 aliphatic heterocycles. The number of nitrogens with one attached hydrogen (secondary N) is 1. The summed E-state index contributed by atoms with van der Waals surface area (Å²) in [6.45, 7) is 2.11. The second-order valence-electron chi connectivity index (χ2n) is 6.58. The molecule has 2 aromatic carbocycles. The summed E-state index contributed by atoms with van der Waals surface area (Å²) in [5, 5.41) is 2.51. The van der Waals surface area contributed by atoms with Gasteiger partial charge in [0.1, 0.15) is 0 Å². The molecule has 158 valence electrons. The zero-order valence-corrected chi connectivity index (χ0v) is 17.0. The largest absolute Gasteiger partial charge is 0.416 e. The van der Waals surface area contributed by atoms with Crippen LogP contribution in [0.4, 0.5) is 24.5 Å². The fraction of sp³-hybridized carbons (Fsp3) is 0.350. The molecule has 29 heavy (non-hydrogen) atoms. The molecule has 0 spiro atoms. The minimum absolute atomic E-state index is 0.0279. The minimum Gasteiger partial charge on any atom is -0.326 e. The fourth-order valence-electron chi connectivity index (χ4n) is 2.73. The van der Waals surface area contributed by atoms with Crippen molar-refractivity contribution in [1.82, 2.24) is 0 Å². The molecule has 1 N–H and O–H groups in total. The van der Waals surface area contributed by atoms with Crippen LogP contribution in [0.2, 0.25) is 0 Å². The van der Waals surface area contributed by atoms with Crippen LogP contribution in [-0.2, 0) is 27.4 Å². The van der Waals surface area contributed by atoms with Crippen LogP contribution in [0.1, 0.15) is 30.9 Å². The number of carbonyl (C=O) groups is 1. The molecule has 0 unspecified atom stereocenters. The van der Waals surface area contributed by atoms with E-state index >= 15 is 0 Å². The van der Waals surface area contributed by atoms with Crippen LogP contribution in [-0.4, -0.2) is 27.1 Å². The molecule has 0 radical (unpaired) electrons.